The Balaban J connectivity index is 0.000000471. The molecule has 0 radical (unpaired) electrons. The Kier molecular flexibility index (Phi) is 17.0. The van der Waals surface area contributed by atoms with Gasteiger partial charge in [0.2, 0.25) is 0 Å². The number of nitriles is 1. The molecule has 0 aromatic rings. The lowest BCUT2D eigenvalue weighted by Gasteiger charge is -2.34. The van der Waals surface area contributed by atoms with Gasteiger partial charge < -0.3 is 54.7 Å². The molecule has 0 bridgehead atoms. The zero-order valence-electron chi connectivity index (χ0n) is 21.5. The minimum Gasteiger partial charge on any atom is -0.390 e. The van der Waals surface area contributed by atoms with E-state index in [1.165, 1.54) is 6.92 Å². The summed E-state index contributed by atoms with van der Waals surface area (Å²) in [4.78, 5) is 0. The number of rotatable bonds is 2. The molecule has 0 aromatic heterocycles. The van der Waals surface area contributed by atoms with Gasteiger partial charge in [0, 0.05) is 32.8 Å². The normalized spacial score (nSPS) is 43.1. The van der Waals surface area contributed by atoms with Gasteiger partial charge in [0.25, 0.3) is 0 Å². The van der Waals surface area contributed by atoms with E-state index < -0.39 is 49.0 Å². The van der Waals surface area contributed by atoms with Crippen molar-refractivity contribution in [3.63, 3.8) is 0 Å². The van der Waals surface area contributed by atoms with Gasteiger partial charge in [0.05, 0.1) is 48.8 Å². The fraction of sp³-hybridized carbons (Fsp3) is 0.957. The number of hydrogen-bond donors (Lipinski definition) is 7. The van der Waals surface area contributed by atoms with Crippen LogP contribution in [0.2, 0.25) is 0 Å². The molecular weight excluding hydrogens is 466 g/mol. The quantitative estimate of drug-likeness (QED) is 0.242. The summed E-state index contributed by atoms with van der Waals surface area (Å²) < 4.78 is 20.5. The van der Waals surface area contributed by atoms with Gasteiger partial charge in [-0.3, -0.25) is 0 Å². The average molecular weight is 512 g/mol. The summed E-state index contributed by atoms with van der Waals surface area (Å²) in [7, 11) is 0. The Labute approximate surface area is 207 Å². The number of aliphatic hydroxyl groups excluding tert-OH is 7. The van der Waals surface area contributed by atoms with E-state index in [2.05, 4.69) is 0 Å². The molecule has 0 saturated carbocycles. The predicted octanol–water partition coefficient (Wildman–Crippen LogP) is -0.850. The van der Waals surface area contributed by atoms with E-state index in [0.717, 1.165) is 0 Å². The van der Waals surface area contributed by atoms with Crippen LogP contribution < -0.4 is 0 Å². The van der Waals surface area contributed by atoms with Gasteiger partial charge in [0.1, 0.15) is 18.3 Å². The summed E-state index contributed by atoms with van der Waals surface area (Å²) in [6.45, 7) is 10.8. The van der Waals surface area contributed by atoms with Crippen LogP contribution in [-0.2, 0) is 18.9 Å². The van der Waals surface area contributed by atoms with Crippen molar-refractivity contribution in [2.75, 3.05) is 6.61 Å². The van der Waals surface area contributed by atoms with E-state index in [4.69, 9.17) is 39.5 Å². The number of hydrogen-bond acceptors (Lipinski definition) is 12. The monoisotopic (exact) mass is 511 g/mol. The molecule has 0 aromatic carbocycles. The summed E-state index contributed by atoms with van der Waals surface area (Å²) in [6, 6.07) is 1.75. The zero-order chi connectivity index (χ0) is 27.3. The first-order chi connectivity index (χ1) is 16.3. The van der Waals surface area contributed by atoms with Crippen molar-refractivity contribution in [3.8, 4) is 6.07 Å². The minimum atomic E-state index is -0.937. The maximum atomic E-state index is 9.34. The van der Waals surface area contributed by atoms with Crippen LogP contribution in [0.15, 0.2) is 0 Å². The SMILES string of the molecule is CC#N.CC1CC(O)C(O)C(C)O1.CC1OC(O)CC(O)C1O.CCOC1CC(O)C(O)C(C)O1. The Morgan fingerprint density at radius 1 is 0.714 bits per heavy atom. The second-order valence-corrected chi connectivity index (χ2v) is 8.78. The summed E-state index contributed by atoms with van der Waals surface area (Å²) in [6.07, 6.45) is -5.94. The molecule has 0 amide bonds. The first-order valence-electron chi connectivity index (χ1n) is 11.9. The average Bonchev–Trinajstić information content (AvgIpc) is 2.75. The molecule has 12 unspecified atom stereocenters. The molecule has 3 saturated heterocycles. The van der Waals surface area contributed by atoms with E-state index in [0.29, 0.717) is 19.4 Å². The summed E-state index contributed by atoms with van der Waals surface area (Å²) in [5, 5.41) is 71.3. The Hall–Kier alpha value is -0.950. The van der Waals surface area contributed by atoms with Gasteiger partial charge in [-0.2, -0.15) is 5.26 Å². The molecule has 0 aliphatic carbocycles. The summed E-state index contributed by atoms with van der Waals surface area (Å²) in [5.74, 6) is 0. The van der Waals surface area contributed by atoms with Crippen molar-refractivity contribution in [1.29, 1.82) is 5.26 Å². The molecule has 12 nitrogen and oxygen atoms in total. The van der Waals surface area contributed by atoms with Gasteiger partial charge >= 0.3 is 0 Å². The highest BCUT2D eigenvalue weighted by Gasteiger charge is 2.34. The highest BCUT2D eigenvalue weighted by Crippen LogP contribution is 2.21. The van der Waals surface area contributed by atoms with E-state index >= 15 is 0 Å². The van der Waals surface area contributed by atoms with E-state index in [9.17, 15) is 20.4 Å². The maximum Gasteiger partial charge on any atom is 0.160 e. The first-order valence-corrected chi connectivity index (χ1v) is 11.9. The molecule has 12 atom stereocenters. The molecular formula is C23H45NO11. The van der Waals surface area contributed by atoms with Crippen molar-refractivity contribution in [2.45, 2.75) is 134 Å². The second kappa shape index (κ2) is 17.5. The third-order valence-corrected chi connectivity index (χ3v) is 5.61. The highest BCUT2D eigenvalue weighted by atomic mass is 16.7. The van der Waals surface area contributed by atoms with Crippen LogP contribution >= 0.6 is 0 Å². The maximum absolute atomic E-state index is 9.34. The van der Waals surface area contributed by atoms with Gasteiger partial charge in [-0.05, 0) is 34.6 Å². The fourth-order valence-corrected chi connectivity index (χ4v) is 3.66. The molecule has 35 heavy (non-hydrogen) atoms. The van der Waals surface area contributed by atoms with Crippen LogP contribution in [0.25, 0.3) is 0 Å². The number of aliphatic hydroxyl groups is 7. The summed E-state index contributed by atoms with van der Waals surface area (Å²) >= 11 is 0. The molecule has 3 heterocycles. The van der Waals surface area contributed by atoms with Crippen LogP contribution in [0.1, 0.15) is 60.8 Å². The third-order valence-electron chi connectivity index (χ3n) is 5.61. The predicted molar refractivity (Wildman–Crippen MR) is 124 cm³/mol. The topological polar surface area (TPSA) is 202 Å². The zero-order valence-corrected chi connectivity index (χ0v) is 21.5. The van der Waals surface area contributed by atoms with Gasteiger partial charge in [-0.1, -0.05) is 0 Å². The smallest absolute Gasteiger partial charge is 0.160 e. The Morgan fingerprint density at radius 3 is 1.51 bits per heavy atom. The molecule has 3 rings (SSSR count). The Bertz CT molecular complexity index is 528. The highest BCUT2D eigenvalue weighted by molar-refractivity contribution is 4.81. The van der Waals surface area contributed by atoms with Crippen molar-refractivity contribution >= 4 is 0 Å². The number of ether oxygens (including phenoxy) is 4. The van der Waals surface area contributed by atoms with Crippen molar-refractivity contribution in [2.24, 2.45) is 0 Å². The molecule has 3 aliphatic rings. The minimum absolute atomic E-state index is 0.0633. The third kappa shape index (κ3) is 12.7. The summed E-state index contributed by atoms with van der Waals surface area (Å²) in [5.41, 5.74) is 0. The van der Waals surface area contributed by atoms with Crippen molar-refractivity contribution in [3.05, 3.63) is 0 Å². The lowest BCUT2D eigenvalue weighted by Crippen LogP contribution is -2.47. The lowest BCUT2D eigenvalue weighted by molar-refractivity contribution is -0.244. The molecule has 3 fully saturated rings. The van der Waals surface area contributed by atoms with E-state index in [1.54, 1.807) is 26.8 Å². The van der Waals surface area contributed by atoms with Crippen LogP contribution in [0.4, 0.5) is 0 Å². The van der Waals surface area contributed by atoms with Crippen LogP contribution in [-0.4, -0.2) is 116 Å². The second-order valence-electron chi connectivity index (χ2n) is 8.78. The van der Waals surface area contributed by atoms with Crippen LogP contribution in [0.3, 0.4) is 0 Å². The van der Waals surface area contributed by atoms with Gasteiger partial charge in [0.15, 0.2) is 12.6 Å². The largest absolute Gasteiger partial charge is 0.390 e. The van der Waals surface area contributed by atoms with E-state index in [1.807, 2.05) is 13.8 Å². The van der Waals surface area contributed by atoms with Crippen molar-refractivity contribution < 1.29 is 54.7 Å². The number of nitrogens with zero attached hydrogens (tertiary/aromatic N) is 1. The molecule has 0 spiro atoms. The standard InChI is InChI=1S/C8H16O4.C7H14O3.C6H12O4.C2H3N/c1-3-11-7-4-6(9)8(10)5(2)12-7;1-4-3-6(8)7(9)5(2)10-4;1-3-6(9)4(7)2-5(8)10-3;1-2-3/h5-10H,3-4H2,1-2H3;4-9H,3H2,1-2H3;3-9H,2H2,1H3;1H3. The molecule has 208 valence electrons. The molecule has 12 heteroatoms. The van der Waals surface area contributed by atoms with Crippen molar-refractivity contribution in [1.82, 2.24) is 0 Å². The van der Waals surface area contributed by atoms with Gasteiger partial charge in [-0.25, -0.2) is 0 Å². The Morgan fingerprint density at radius 2 is 1.11 bits per heavy atom. The fourth-order valence-electron chi connectivity index (χ4n) is 3.66. The van der Waals surface area contributed by atoms with Gasteiger partial charge in [-0.15, -0.1) is 0 Å². The van der Waals surface area contributed by atoms with Crippen LogP contribution in [0.5, 0.6) is 0 Å². The lowest BCUT2D eigenvalue weighted by atomic mass is 10.00. The molecule has 3 aliphatic heterocycles. The molecule has 7 N–H and O–H groups in total. The van der Waals surface area contributed by atoms with Crippen LogP contribution in [0, 0.1) is 11.3 Å². The van der Waals surface area contributed by atoms with E-state index in [-0.39, 0.29) is 31.0 Å². The first kappa shape index (κ1) is 34.0.